The van der Waals surface area contributed by atoms with Gasteiger partial charge in [-0.25, -0.2) is 9.78 Å². The summed E-state index contributed by atoms with van der Waals surface area (Å²) in [6.45, 7) is 6.31. The summed E-state index contributed by atoms with van der Waals surface area (Å²) in [4.78, 5) is 21.0. The van der Waals surface area contributed by atoms with Crippen LogP contribution in [0.15, 0.2) is 24.4 Å². The lowest BCUT2D eigenvalue weighted by atomic mass is 10.2. The van der Waals surface area contributed by atoms with E-state index in [-0.39, 0.29) is 12.3 Å². The monoisotopic (exact) mass is 340 g/mol. The SMILES string of the molecule is CCOC(=O)c1nn(Cc2ccc(C)nc2OC)c2cc(C)cnc12. The second kappa shape index (κ2) is 6.88. The summed E-state index contributed by atoms with van der Waals surface area (Å²) in [6, 6.07) is 5.81. The van der Waals surface area contributed by atoms with Gasteiger partial charge in [0, 0.05) is 17.5 Å². The van der Waals surface area contributed by atoms with E-state index < -0.39 is 5.97 Å². The van der Waals surface area contributed by atoms with Gasteiger partial charge in [-0.15, -0.1) is 0 Å². The fourth-order valence-corrected chi connectivity index (χ4v) is 2.63. The standard InChI is InChI=1S/C18H20N4O3/c1-5-25-18(23)16-15-14(8-11(2)9-19-15)22(21-16)10-13-7-6-12(3)20-17(13)24-4/h6-9H,5,10H2,1-4H3. The van der Waals surface area contributed by atoms with Gasteiger partial charge in [-0.3, -0.25) is 9.67 Å². The molecule has 0 atom stereocenters. The highest BCUT2D eigenvalue weighted by Crippen LogP contribution is 2.22. The van der Waals surface area contributed by atoms with Crippen molar-refractivity contribution in [2.75, 3.05) is 13.7 Å². The molecule has 7 heteroatoms. The number of aromatic nitrogens is 4. The topological polar surface area (TPSA) is 79.1 Å². The van der Waals surface area contributed by atoms with E-state index in [1.54, 1.807) is 24.9 Å². The number of esters is 1. The van der Waals surface area contributed by atoms with Crippen LogP contribution in [-0.2, 0) is 11.3 Å². The molecule has 7 nitrogen and oxygen atoms in total. The molecule has 3 rings (SSSR count). The maximum absolute atomic E-state index is 12.2. The van der Waals surface area contributed by atoms with Gasteiger partial charge in [0.05, 0.1) is 25.8 Å². The molecule has 25 heavy (non-hydrogen) atoms. The summed E-state index contributed by atoms with van der Waals surface area (Å²) >= 11 is 0. The molecule has 0 spiro atoms. The van der Waals surface area contributed by atoms with Gasteiger partial charge in [0.1, 0.15) is 5.52 Å². The zero-order valence-corrected chi connectivity index (χ0v) is 14.7. The largest absolute Gasteiger partial charge is 0.481 e. The quantitative estimate of drug-likeness (QED) is 0.665. The minimum atomic E-state index is -0.475. The Bertz CT molecular complexity index is 933. The van der Waals surface area contributed by atoms with Crippen LogP contribution < -0.4 is 4.74 Å². The van der Waals surface area contributed by atoms with Crippen molar-refractivity contribution >= 4 is 17.0 Å². The van der Waals surface area contributed by atoms with Gasteiger partial charge < -0.3 is 9.47 Å². The molecule has 0 aliphatic rings. The van der Waals surface area contributed by atoms with Crippen LogP contribution in [0.2, 0.25) is 0 Å². The lowest BCUT2D eigenvalue weighted by Gasteiger charge is -2.09. The molecule has 0 bridgehead atoms. The van der Waals surface area contributed by atoms with E-state index in [0.717, 1.165) is 22.3 Å². The third-order valence-electron chi connectivity index (χ3n) is 3.79. The first-order valence-corrected chi connectivity index (χ1v) is 8.04. The summed E-state index contributed by atoms with van der Waals surface area (Å²) < 4.78 is 12.2. The average molecular weight is 340 g/mol. The van der Waals surface area contributed by atoms with Crippen LogP contribution in [0.3, 0.4) is 0 Å². The van der Waals surface area contributed by atoms with Crippen LogP contribution in [0.1, 0.15) is 34.2 Å². The number of ether oxygens (including phenoxy) is 2. The Balaban J connectivity index is 2.10. The number of carbonyl (C=O) groups excluding carboxylic acids is 1. The summed E-state index contributed by atoms with van der Waals surface area (Å²) in [5, 5.41) is 4.44. The van der Waals surface area contributed by atoms with E-state index in [1.807, 2.05) is 32.0 Å². The smallest absolute Gasteiger partial charge is 0.361 e. The van der Waals surface area contributed by atoms with Gasteiger partial charge in [-0.2, -0.15) is 5.10 Å². The predicted molar refractivity (Wildman–Crippen MR) is 92.8 cm³/mol. The summed E-state index contributed by atoms with van der Waals surface area (Å²) in [7, 11) is 1.59. The van der Waals surface area contributed by atoms with E-state index in [2.05, 4.69) is 15.1 Å². The van der Waals surface area contributed by atoms with Crippen LogP contribution in [0.25, 0.3) is 11.0 Å². The number of fused-ring (bicyclic) bond motifs is 1. The van der Waals surface area contributed by atoms with Crippen molar-refractivity contribution in [3.05, 3.63) is 46.9 Å². The highest BCUT2D eigenvalue weighted by atomic mass is 16.5. The Kier molecular flexibility index (Phi) is 4.65. The van der Waals surface area contributed by atoms with E-state index in [1.165, 1.54) is 0 Å². The van der Waals surface area contributed by atoms with E-state index >= 15 is 0 Å². The molecule has 130 valence electrons. The van der Waals surface area contributed by atoms with Gasteiger partial charge in [0.15, 0.2) is 5.69 Å². The van der Waals surface area contributed by atoms with Crippen LogP contribution in [0, 0.1) is 13.8 Å². The third-order valence-corrected chi connectivity index (χ3v) is 3.79. The molecule has 0 N–H and O–H groups in total. The maximum Gasteiger partial charge on any atom is 0.361 e. The number of hydrogen-bond donors (Lipinski definition) is 0. The number of pyridine rings is 2. The second-order valence-corrected chi connectivity index (χ2v) is 5.73. The fourth-order valence-electron chi connectivity index (χ4n) is 2.63. The van der Waals surface area contributed by atoms with Gasteiger partial charge in [-0.1, -0.05) is 0 Å². The molecule has 0 fully saturated rings. The molecule has 0 aliphatic heterocycles. The molecule has 0 saturated heterocycles. The van der Waals surface area contributed by atoms with Crippen LogP contribution in [0.5, 0.6) is 5.88 Å². The highest BCUT2D eigenvalue weighted by Gasteiger charge is 2.20. The molecular formula is C18H20N4O3. The molecule has 3 heterocycles. The van der Waals surface area contributed by atoms with Gasteiger partial charge >= 0.3 is 5.97 Å². The van der Waals surface area contributed by atoms with Gasteiger partial charge in [0.2, 0.25) is 5.88 Å². The number of rotatable bonds is 5. The van der Waals surface area contributed by atoms with Gasteiger partial charge in [-0.05, 0) is 44.5 Å². The summed E-state index contributed by atoms with van der Waals surface area (Å²) in [5.74, 6) is 0.0681. The Hall–Kier alpha value is -2.96. The molecule has 0 aromatic carbocycles. The number of methoxy groups -OCH3 is 1. The van der Waals surface area contributed by atoms with Crippen molar-refractivity contribution in [2.45, 2.75) is 27.3 Å². The molecule has 0 saturated carbocycles. The zero-order chi connectivity index (χ0) is 18.0. The minimum absolute atomic E-state index is 0.218. The summed E-state index contributed by atoms with van der Waals surface area (Å²) in [5.41, 5.74) is 4.24. The van der Waals surface area contributed by atoms with E-state index in [4.69, 9.17) is 9.47 Å². The first-order chi connectivity index (χ1) is 12.0. The summed E-state index contributed by atoms with van der Waals surface area (Å²) in [6.07, 6.45) is 1.71. The van der Waals surface area contributed by atoms with E-state index in [0.29, 0.717) is 17.9 Å². The maximum atomic E-state index is 12.2. The number of hydrogen-bond acceptors (Lipinski definition) is 6. The van der Waals surface area contributed by atoms with Crippen LogP contribution in [0.4, 0.5) is 0 Å². The fraction of sp³-hybridized carbons (Fsp3) is 0.333. The Morgan fingerprint density at radius 3 is 2.80 bits per heavy atom. The lowest BCUT2D eigenvalue weighted by molar-refractivity contribution is 0.0520. The second-order valence-electron chi connectivity index (χ2n) is 5.73. The molecule has 3 aromatic rings. The van der Waals surface area contributed by atoms with Gasteiger partial charge in [0.25, 0.3) is 0 Å². The molecule has 3 aromatic heterocycles. The third kappa shape index (κ3) is 3.31. The predicted octanol–water partition coefficient (Wildman–Crippen LogP) is 2.68. The van der Waals surface area contributed by atoms with Crippen LogP contribution >= 0.6 is 0 Å². The number of carbonyl (C=O) groups is 1. The molecule has 0 radical (unpaired) electrons. The van der Waals surface area contributed by atoms with E-state index in [9.17, 15) is 4.79 Å². The average Bonchev–Trinajstić information content (AvgIpc) is 2.94. The van der Waals surface area contributed by atoms with Crippen LogP contribution in [-0.4, -0.2) is 39.4 Å². The number of aryl methyl sites for hydroxylation is 2. The normalized spacial score (nSPS) is 10.9. The molecule has 0 amide bonds. The first kappa shape index (κ1) is 16.9. The van der Waals surface area contributed by atoms with Crippen molar-refractivity contribution in [1.82, 2.24) is 19.7 Å². The Morgan fingerprint density at radius 2 is 2.08 bits per heavy atom. The zero-order valence-electron chi connectivity index (χ0n) is 14.7. The van der Waals surface area contributed by atoms with Crippen molar-refractivity contribution in [2.24, 2.45) is 0 Å². The number of nitrogens with zero attached hydrogens (tertiary/aromatic N) is 4. The minimum Gasteiger partial charge on any atom is -0.481 e. The molecule has 0 aliphatic carbocycles. The van der Waals surface area contributed by atoms with Crippen molar-refractivity contribution < 1.29 is 14.3 Å². The molecule has 0 unspecified atom stereocenters. The lowest BCUT2D eigenvalue weighted by Crippen LogP contribution is -2.09. The molecular weight excluding hydrogens is 320 g/mol. The van der Waals surface area contributed by atoms with Crippen molar-refractivity contribution in [3.63, 3.8) is 0 Å². The first-order valence-electron chi connectivity index (χ1n) is 8.04. The highest BCUT2D eigenvalue weighted by molar-refractivity contribution is 6.00. The Labute approximate surface area is 145 Å². The van der Waals surface area contributed by atoms with Crippen molar-refractivity contribution in [3.8, 4) is 5.88 Å². The Morgan fingerprint density at radius 1 is 1.28 bits per heavy atom. The van der Waals surface area contributed by atoms with Crippen molar-refractivity contribution in [1.29, 1.82) is 0 Å².